The van der Waals surface area contributed by atoms with Crippen LogP contribution in [0.2, 0.25) is 10.0 Å². The predicted octanol–water partition coefficient (Wildman–Crippen LogP) is 4.87. The first kappa shape index (κ1) is 17.6. The van der Waals surface area contributed by atoms with Crippen LogP contribution in [-0.4, -0.2) is 18.7 Å². The van der Waals surface area contributed by atoms with Gasteiger partial charge in [-0.3, -0.25) is 5.84 Å². The number of hydrogen-bond donors (Lipinski definition) is 1. The maximum absolute atomic E-state index is 6.34. The lowest BCUT2D eigenvalue weighted by Crippen LogP contribution is -2.44. The van der Waals surface area contributed by atoms with Crippen LogP contribution < -0.4 is 10.6 Å². The van der Waals surface area contributed by atoms with Crippen LogP contribution in [0.15, 0.2) is 42.5 Å². The van der Waals surface area contributed by atoms with Gasteiger partial charge in [-0.2, -0.15) is 0 Å². The lowest BCUT2D eigenvalue weighted by atomic mass is 9.81. The quantitative estimate of drug-likeness (QED) is 0.786. The number of nitrogens with zero attached hydrogens (tertiary/aromatic N) is 1. The molecule has 128 valence electrons. The van der Waals surface area contributed by atoms with Gasteiger partial charge in [-0.1, -0.05) is 35.3 Å². The minimum absolute atomic E-state index is 0.140. The molecule has 0 bridgehead atoms. The Labute approximate surface area is 153 Å². The molecule has 1 fully saturated rings. The standard InChI is InChI=1S/C19H22Cl2N2O/c1-24-18-8-7-17(21)12-15(18)10-13-5-3-9-23(22)19(13)14-4-2-6-16(20)11-14/h2,4,6-8,11-13,19H,3,5,9-10,22H2,1H3/t13-,19-/m0/s1. The fourth-order valence-electron chi connectivity index (χ4n) is 3.66. The van der Waals surface area contributed by atoms with Gasteiger partial charge in [0, 0.05) is 16.6 Å². The second-order valence-corrected chi connectivity index (χ2v) is 7.17. The van der Waals surface area contributed by atoms with Gasteiger partial charge in [0.15, 0.2) is 0 Å². The number of halogens is 2. The van der Waals surface area contributed by atoms with E-state index in [1.54, 1.807) is 7.11 Å². The molecule has 0 radical (unpaired) electrons. The van der Waals surface area contributed by atoms with Crippen molar-refractivity contribution in [3.05, 3.63) is 63.6 Å². The van der Waals surface area contributed by atoms with Crippen molar-refractivity contribution in [2.75, 3.05) is 13.7 Å². The van der Waals surface area contributed by atoms with E-state index in [0.717, 1.165) is 52.7 Å². The average Bonchev–Trinajstić information content (AvgIpc) is 2.55. The van der Waals surface area contributed by atoms with Crippen molar-refractivity contribution in [2.45, 2.75) is 25.3 Å². The van der Waals surface area contributed by atoms with Crippen molar-refractivity contribution < 1.29 is 4.74 Å². The maximum atomic E-state index is 6.34. The Bertz CT molecular complexity index is 708. The molecule has 2 aromatic rings. The summed E-state index contributed by atoms with van der Waals surface area (Å²) in [7, 11) is 1.69. The summed E-state index contributed by atoms with van der Waals surface area (Å²) in [5.74, 6) is 7.60. The van der Waals surface area contributed by atoms with Gasteiger partial charge < -0.3 is 4.74 Å². The molecular formula is C19H22Cl2N2O. The molecule has 0 amide bonds. The topological polar surface area (TPSA) is 38.5 Å². The fraction of sp³-hybridized carbons (Fsp3) is 0.368. The molecular weight excluding hydrogens is 343 g/mol. The number of nitrogens with two attached hydrogens (primary N) is 1. The number of hydrazine groups is 1. The summed E-state index contributed by atoms with van der Waals surface area (Å²) < 4.78 is 5.50. The van der Waals surface area contributed by atoms with Crippen molar-refractivity contribution in [2.24, 2.45) is 11.8 Å². The minimum Gasteiger partial charge on any atom is -0.496 e. The van der Waals surface area contributed by atoms with Gasteiger partial charge in [0.2, 0.25) is 0 Å². The summed E-state index contributed by atoms with van der Waals surface area (Å²) in [6.07, 6.45) is 3.07. The molecule has 1 saturated heterocycles. The molecule has 2 aromatic carbocycles. The van der Waals surface area contributed by atoms with Crippen LogP contribution in [-0.2, 0) is 6.42 Å². The summed E-state index contributed by atoms with van der Waals surface area (Å²) in [5, 5.41) is 3.41. The first-order valence-electron chi connectivity index (χ1n) is 8.17. The van der Waals surface area contributed by atoms with Crippen LogP contribution in [0, 0.1) is 5.92 Å². The van der Waals surface area contributed by atoms with E-state index >= 15 is 0 Å². The van der Waals surface area contributed by atoms with E-state index in [4.69, 9.17) is 33.8 Å². The second-order valence-electron chi connectivity index (χ2n) is 6.30. The van der Waals surface area contributed by atoms with Crippen LogP contribution >= 0.6 is 23.2 Å². The summed E-state index contributed by atoms with van der Waals surface area (Å²) in [6, 6.07) is 13.9. The Morgan fingerprint density at radius 3 is 2.71 bits per heavy atom. The third-order valence-electron chi connectivity index (χ3n) is 4.71. The SMILES string of the molecule is COc1ccc(Cl)cc1C[C@@H]1CCCN(N)[C@@H]1c1cccc(Cl)c1. The first-order valence-corrected chi connectivity index (χ1v) is 8.93. The molecule has 2 atom stereocenters. The Kier molecular flexibility index (Phi) is 5.67. The van der Waals surface area contributed by atoms with Crippen molar-refractivity contribution in [3.63, 3.8) is 0 Å². The van der Waals surface area contributed by atoms with Crippen LogP contribution in [0.3, 0.4) is 0 Å². The third-order valence-corrected chi connectivity index (χ3v) is 5.18. The highest BCUT2D eigenvalue weighted by molar-refractivity contribution is 6.30. The van der Waals surface area contributed by atoms with Crippen LogP contribution in [0.4, 0.5) is 0 Å². The molecule has 1 aliphatic rings. The number of hydrogen-bond acceptors (Lipinski definition) is 3. The molecule has 0 spiro atoms. The zero-order valence-corrected chi connectivity index (χ0v) is 15.2. The molecule has 24 heavy (non-hydrogen) atoms. The largest absolute Gasteiger partial charge is 0.496 e. The number of rotatable bonds is 4. The van der Waals surface area contributed by atoms with Gasteiger partial charge in [-0.15, -0.1) is 0 Å². The van der Waals surface area contributed by atoms with E-state index in [2.05, 4.69) is 6.07 Å². The second kappa shape index (κ2) is 7.75. The van der Waals surface area contributed by atoms with Gasteiger partial charge in [0.05, 0.1) is 13.2 Å². The van der Waals surface area contributed by atoms with E-state index in [9.17, 15) is 0 Å². The summed E-state index contributed by atoms with van der Waals surface area (Å²) >= 11 is 12.4. The number of methoxy groups -OCH3 is 1. The molecule has 5 heteroatoms. The minimum atomic E-state index is 0.140. The molecule has 3 rings (SSSR count). The zero-order chi connectivity index (χ0) is 17.1. The summed E-state index contributed by atoms with van der Waals surface area (Å²) in [5.41, 5.74) is 2.29. The molecule has 0 saturated carbocycles. The van der Waals surface area contributed by atoms with E-state index in [1.165, 1.54) is 0 Å². The zero-order valence-electron chi connectivity index (χ0n) is 13.7. The third kappa shape index (κ3) is 3.86. The highest BCUT2D eigenvalue weighted by atomic mass is 35.5. The molecule has 3 nitrogen and oxygen atoms in total. The number of benzene rings is 2. The average molecular weight is 365 g/mol. The monoisotopic (exact) mass is 364 g/mol. The van der Waals surface area contributed by atoms with Crippen molar-refractivity contribution >= 4 is 23.2 Å². The Hall–Kier alpha value is -1.26. The van der Waals surface area contributed by atoms with Gasteiger partial charge in [0.1, 0.15) is 5.75 Å². The summed E-state index contributed by atoms with van der Waals surface area (Å²) in [6.45, 7) is 0.889. The fourth-order valence-corrected chi connectivity index (χ4v) is 4.05. The Balaban J connectivity index is 1.91. The van der Waals surface area contributed by atoms with Crippen molar-refractivity contribution in [1.82, 2.24) is 5.01 Å². The number of ether oxygens (including phenoxy) is 1. The van der Waals surface area contributed by atoms with E-state index in [1.807, 2.05) is 41.4 Å². The molecule has 0 aromatic heterocycles. The first-order chi connectivity index (χ1) is 11.6. The van der Waals surface area contributed by atoms with Gasteiger partial charge in [-0.25, -0.2) is 5.01 Å². The van der Waals surface area contributed by atoms with Gasteiger partial charge >= 0.3 is 0 Å². The maximum Gasteiger partial charge on any atom is 0.122 e. The van der Waals surface area contributed by atoms with Gasteiger partial charge in [-0.05, 0) is 66.6 Å². The normalized spacial score (nSPS) is 21.7. The highest BCUT2D eigenvalue weighted by Gasteiger charge is 2.32. The van der Waals surface area contributed by atoms with E-state index < -0.39 is 0 Å². The Morgan fingerprint density at radius 2 is 1.96 bits per heavy atom. The molecule has 0 aliphatic carbocycles. The van der Waals surface area contributed by atoms with Crippen molar-refractivity contribution in [3.8, 4) is 5.75 Å². The lowest BCUT2D eigenvalue weighted by Gasteiger charge is -2.39. The van der Waals surface area contributed by atoms with Gasteiger partial charge in [0.25, 0.3) is 0 Å². The lowest BCUT2D eigenvalue weighted by molar-refractivity contribution is 0.0923. The number of piperidine rings is 1. The molecule has 1 heterocycles. The molecule has 0 unspecified atom stereocenters. The van der Waals surface area contributed by atoms with Crippen LogP contribution in [0.25, 0.3) is 0 Å². The smallest absolute Gasteiger partial charge is 0.122 e. The predicted molar refractivity (Wildman–Crippen MR) is 99.5 cm³/mol. The van der Waals surface area contributed by atoms with E-state index in [-0.39, 0.29) is 6.04 Å². The summed E-state index contributed by atoms with van der Waals surface area (Å²) in [4.78, 5) is 0. The Morgan fingerprint density at radius 1 is 1.17 bits per heavy atom. The molecule has 2 N–H and O–H groups in total. The van der Waals surface area contributed by atoms with Crippen LogP contribution in [0.1, 0.15) is 30.0 Å². The van der Waals surface area contributed by atoms with Crippen molar-refractivity contribution in [1.29, 1.82) is 0 Å². The van der Waals surface area contributed by atoms with Crippen LogP contribution in [0.5, 0.6) is 5.75 Å². The van der Waals surface area contributed by atoms with E-state index in [0.29, 0.717) is 5.92 Å². The highest BCUT2D eigenvalue weighted by Crippen LogP contribution is 2.38. The molecule has 1 aliphatic heterocycles.